The molecule has 124 valence electrons. The fraction of sp³-hybridized carbons (Fsp3) is 0.0667. The summed E-state index contributed by atoms with van der Waals surface area (Å²) in [5.41, 5.74) is 6.84. The number of hydrogen-bond acceptors (Lipinski definition) is 5. The van der Waals surface area contributed by atoms with Gasteiger partial charge in [-0.3, -0.25) is 10.1 Å². The molecule has 2 aromatic carbocycles. The quantitative estimate of drug-likeness (QED) is 0.356. The molecule has 24 heavy (non-hydrogen) atoms. The summed E-state index contributed by atoms with van der Waals surface area (Å²) in [5, 5.41) is 19.2. The van der Waals surface area contributed by atoms with Crippen LogP contribution in [0.4, 0.5) is 5.69 Å². The number of amidine groups is 1. The molecule has 6 nitrogen and oxygen atoms in total. The zero-order valence-electron chi connectivity index (χ0n) is 12.2. The third-order valence-electron chi connectivity index (χ3n) is 2.85. The third kappa shape index (κ3) is 5.23. The van der Waals surface area contributed by atoms with Crippen molar-refractivity contribution in [2.75, 3.05) is 0 Å². The lowest BCUT2D eigenvalue weighted by molar-refractivity contribution is -0.385. The maximum atomic E-state index is 11.0. The van der Waals surface area contributed by atoms with Crippen LogP contribution in [0.25, 0.3) is 0 Å². The normalized spacial score (nSPS) is 11.8. The van der Waals surface area contributed by atoms with Gasteiger partial charge < -0.3 is 5.73 Å². The van der Waals surface area contributed by atoms with Crippen molar-refractivity contribution in [3.8, 4) is 0 Å². The van der Waals surface area contributed by atoms with E-state index in [1.165, 1.54) is 30.1 Å². The molecule has 0 spiro atoms. The average molecular weight is 383 g/mol. The number of nitrogens with zero attached hydrogens (tertiary/aromatic N) is 3. The molecule has 0 aliphatic carbocycles. The summed E-state index contributed by atoms with van der Waals surface area (Å²) in [5.74, 6) is 0.651. The van der Waals surface area contributed by atoms with Crippen molar-refractivity contribution in [3.05, 3.63) is 73.8 Å². The van der Waals surface area contributed by atoms with Gasteiger partial charge in [0.2, 0.25) is 0 Å². The van der Waals surface area contributed by atoms with Crippen molar-refractivity contribution in [1.82, 2.24) is 0 Å². The van der Waals surface area contributed by atoms with Gasteiger partial charge in [-0.25, -0.2) is 0 Å². The molecule has 0 aliphatic heterocycles. The van der Waals surface area contributed by atoms with Gasteiger partial charge in [-0.05, 0) is 11.6 Å². The highest BCUT2D eigenvalue weighted by Gasteiger charge is 2.15. The Bertz CT molecular complexity index is 798. The predicted octanol–water partition coefficient (Wildman–Crippen LogP) is 4.48. The van der Waals surface area contributed by atoms with Gasteiger partial charge in [-0.2, -0.15) is 5.10 Å². The Labute approximate surface area is 152 Å². The Morgan fingerprint density at radius 1 is 1.25 bits per heavy atom. The molecule has 0 amide bonds. The number of rotatable bonds is 5. The molecule has 0 heterocycles. The van der Waals surface area contributed by atoms with Crippen LogP contribution in [-0.2, 0) is 5.75 Å². The van der Waals surface area contributed by atoms with E-state index in [1.54, 1.807) is 0 Å². The second-order valence-electron chi connectivity index (χ2n) is 4.54. The van der Waals surface area contributed by atoms with E-state index in [0.29, 0.717) is 5.75 Å². The predicted molar refractivity (Wildman–Crippen MR) is 100 cm³/mol. The number of halogens is 2. The van der Waals surface area contributed by atoms with Crippen molar-refractivity contribution >= 4 is 52.0 Å². The standard InChI is InChI=1S/C15H12Cl2N4O2S/c16-12-6-11(14(21(22)23)7-13(12)17)8-19-20-15(18)24-9-10-4-2-1-3-5-10/h1-8H,9H2,(H2,18,20). The van der Waals surface area contributed by atoms with Crippen LogP contribution in [0, 0.1) is 10.1 Å². The summed E-state index contributed by atoms with van der Waals surface area (Å²) >= 11 is 13.0. The van der Waals surface area contributed by atoms with Crippen molar-refractivity contribution in [3.63, 3.8) is 0 Å². The van der Waals surface area contributed by atoms with E-state index in [2.05, 4.69) is 10.2 Å². The lowest BCUT2D eigenvalue weighted by atomic mass is 10.2. The lowest BCUT2D eigenvalue weighted by Crippen LogP contribution is -2.06. The molecule has 2 aromatic rings. The average Bonchev–Trinajstić information content (AvgIpc) is 2.56. The van der Waals surface area contributed by atoms with Gasteiger partial charge >= 0.3 is 0 Å². The number of benzene rings is 2. The number of nitrogens with two attached hydrogens (primary N) is 1. The summed E-state index contributed by atoms with van der Waals surface area (Å²) in [6, 6.07) is 12.3. The van der Waals surface area contributed by atoms with Gasteiger partial charge in [0.15, 0.2) is 5.17 Å². The van der Waals surface area contributed by atoms with E-state index in [-0.39, 0.29) is 26.5 Å². The molecule has 0 saturated heterocycles. The van der Waals surface area contributed by atoms with Gasteiger partial charge in [0.1, 0.15) is 0 Å². The monoisotopic (exact) mass is 382 g/mol. The first kappa shape index (κ1) is 18.3. The Balaban J connectivity index is 2.07. The number of nitro benzene ring substituents is 1. The highest BCUT2D eigenvalue weighted by molar-refractivity contribution is 8.13. The molecule has 0 aromatic heterocycles. The minimum atomic E-state index is -0.569. The molecule has 2 N–H and O–H groups in total. The van der Waals surface area contributed by atoms with E-state index in [1.807, 2.05) is 30.3 Å². The molecular formula is C15H12Cl2N4O2S. The highest BCUT2D eigenvalue weighted by atomic mass is 35.5. The highest BCUT2D eigenvalue weighted by Crippen LogP contribution is 2.29. The number of nitro groups is 1. The van der Waals surface area contributed by atoms with Crippen molar-refractivity contribution in [2.24, 2.45) is 15.9 Å². The minimum absolute atomic E-state index is 0.0990. The van der Waals surface area contributed by atoms with Gasteiger partial charge in [0.25, 0.3) is 5.69 Å². The van der Waals surface area contributed by atoms with E-state index in [4.69, 9.17) is 28.9 Å². The molecule has 0 aliphatic rings. The number of thioether (sulfide) groups is 1. The zero-order valence-corrected chi connectivity index (χ0v) is 14.6. The fourth-order valence-corrected chi connectivity index (χ4v) is 2.66. The molecule has 2 rings (SSSR count). The summed E-state index contributed by atoms with van der Waals surface area (Å²) in [4.78, 5) is 10.5. The minimum Gasteiger partial charge on any atom is -0.377 e. The van der Waals surface area contributed by atoms with Crippen LogP contribution in [0.15, 0.2) is 52.7 Å². The smallest absolute Gasteiger partial charge is 0.279 e. The van der Waals surface area contributed by atoms with Crippen LogP contribution in [0.2, 0.25) is 10.0 Å². The zero-order chi connectivity index (χ0) is 17.5. The molecule has 0 unspecified atom stereocenters. The SMILES string of the molecule is NC(=NN=Cc1cc(Cl)c(Cl)cc1[N+](=O)[O-])SCc1ccccc1. The fourth-order valence-electron chi connectivity index (χ4n) is 1.72. The lowest BCUT2D eigenvalue weighted by Gasteiger charge is -2.00. The second kappa shape index (κ2) is 8.68. The van der Waals surface area contributed by atoms with Crippen molar-refractivity contribution in [2.45, 2.75) is 5.75 Å². The first-order chi connectivity index (χ1) is 11.5. The molecule has 0 fully saturated rings. The first-order valence-electron chi connectivity index (χ1n) is 6.64. The first-order valence-corrected chi connectivity index (χ1v) is 8.38. The summed E-state index contributed by atoms with van der Waals surface area (Å²) in [6.07, 6.45) is 1.22. The molecule has 0 bridgehead atoms. The van der Waals surface area contributed by atoms with E-state index >= 15 is 0 Å². The number of hydrogen-bond donors (Lipinski definition) is 1. The Morgan fingerprint density at radius 2 is 1.92 bits per heavy atom. The van der Waals surface area contributed by atoms with Crippen molar-refractivity contribution in [1.29, 1.82) is 0 Å². The maximum Gasteiger partial charge on any atom is 0.279 e. The van der Waals surface area contributed by atoms with E-state index in [0.717, 1.165) is 5.56 Å². The van der Waals surface area contributed by atoms with Gasteiger partial charge in [-0.1, -0.05) is 65.3 Å². The van der Waals surface area contributed by atoms with E-state index < -0.39 is 4.92 Å². The largest absolute Gasteiger partial charge is 0.377 e. The molecule has 0 radical (unpaired) electrons. The van der Waals surface area contributed by atoms with Crippen molar-refractivity contribution < 1.29 is 4.92 Å². The Kier molecular flexibility index (Phi) is 6.60. The van der Waals surface area contributed by atoms with Gasteiger partial charge in [-0.15, -0.1) is 5.10 Å². The van der Waals surface area contributed by atoms with E-state index in [9.17, 15) is 10.1 Å². The van der Waals surface area contributed by atoms with Crippen LogP contribution < -0.4 is 5.73 Å². The summed E-state index contributed by atoms with van der Waals surface area (Å²) in [6.45, 7) is 0. The maximum absolute atomic E-state index is 11.0. The van der Waals surface area contributed by atoms with Crippen LogP contribution in [0.3, 0.4) is 0 Å². The van der Waals surface area contributed by atoms with Crippen LogP contribution in [0.1, 0.15) is 11.1 Å². The van der Waals surface area contributed by atoms with Gasteiger partial charge in [0.05, 0.1) is 26.7 Å². The van der Waals surface area contributed by atoms with Crippen LogP contribution >= 0.6 is 35.0 Å². The Morgan fingerprint density at radius 3 is 2.58 bits per heavy atom. The van der Waals surface area contributed by atoms with Gasteiger partial charge in [0, 0.05) is 11.8 Å². The molecule has 0 atom stereocenters. The van der Waals surface area contributed by atoms with Crippen LogP contribution in [-0.4, -0.2) is 16.3 Å². The summed E-state index contributed by atoms with van der Waals surface area (Å²) < 4.78 is 0. The molecule has 0 saturated carbocycles. The van der Waals surface area contributed by atoms with Crippen LogP contribution in [0.5, 0.6) is 0 Å². The second-order valence-corrected chi connectivity index (χ2v) is 6.35. The summed E-state index contributed by atoms with van der Waals surface area (Å²) in [7, 11) is 0. The topological polar surface area (TPSA) is 93.9 Å². The third-order valence-corrected chi connectivity index (χ3v) is 4.43. The Hall–Kier alpha value is -2.09. The molecular weight excluding hydrogens is 371 g/mol. The molecule has 9 heteroatoms.